The molecule has 1 aromatic heterocycles. The van der Waals surface area contributed by atoms with E-state index in [0.29, 0.717) is 21.3 Å². The first-order valence-electron chi connectivity index (χ1n) is 6.90. The molecule has 5 nitrogen and oxygen atoms in total. The van der Waals surface area contributed by atoms with Gasteiger partial charge in [-0.25, -0.2) is 4.98 Å². The van der Waals surface area contributed by atoms with Crippen LogP contribution in [0.5, 0.6) is 0 Å². The summed E-state index contributed by atoms with van der Waals surface area (Å²) >= 11 is 11.8. The number of benzene rings is 2. The summed E-state index contributed by atoms with van der Waals surface area (Å²) in [5, 5.41) is 13.3. The second-order valence-electron chi connectivity index (χ2n) is 4.89. The van der Waals surface area contributed by atoms with Crippen LogP contribution >= 0.6 is 23.2 Å². The predicted octanol–water partition coefficient (Wildman–Crippen LogP) is 4.36. The number of hydrogen-bond acceptors (Lipinski definition) is 4. The molecule has 0 aliphatic rings. The van der Waals surface area contributed by atoms with Gasteiger partial charge in [-0.1, -0.05) is 35.3 Å². The molecule has 0 radical (unpaired) electrons. The summed E-state index contributed by atoms with van der Waals surface area (Å²) in [6.45, 7) is 0. The quantitative estimate of drug-likeness (QED) is 0.730. The molecule has 0 spiro atoms. The second kappa shape index (κ2) is 6.75. The molecule has 0 atom stereocenters. The Morgan fingerprint density at radius 3 is 2.50 bits per heavy atom. The highest BCUT2D eigenvalue weighted by Crippen LogP contribution is 2.24. The summed E-state index contributed by atoms with van der Waals surface area (Å²) < 4.78 is 0. The van der Waals surface area contributed by atoms with Gasteiger partial charge in [0.05, 0.1) is 5.69 Å². The molecule has 0 bridgehead atoms. The van der Waals surface area contributed by atoms with Crippen molar-refractivity contribution in [3.63, 3.8) is 0 Å². The van der Waals surface area contributed by atoms with Gasteiger partial charge in [0, 0.05) is 21.3 Å². The first-order valence-corrected chi connectivity index (χ1v) is 7.65. The minimum absolute atomic E-state index is 0.0704. The van der Waals surface area contributed by atoms with Gasteiger partial charge in [0.2, 0.25) is 5.95 Å². The minimum Gasteiger partial charge on any atom is -0.326 e. The first kappa shape index (κ1) is 16.1. The van der Waals surface area contributed by atoms with Gasteiger partial charge in [0.15, 0.2) is 0 Å². The summed E-state index contributed by atoms with van der Waals surface area (Å²) in [6.07, 6.45) is 0. The van der Waals surface area contributed by atoms with E-state index in [1.54, 1.807) is 48.5 Å². The molecule has 24 heavy (non-hydrogen) atoms. The van der Waals surface area contributed by atoms with Gasteiger partial charge < -0.3 is 5.32 Å². The van der Waals surface area contributed by atoms with Crippen LogP contribution in [0, 0.1) is 11.3 Å². The number of hydrogen-bond donors (Lipinski definition) is 2. The monoisotopic (exact) mass is 356 g/mol. The summed E-state index contributed by atoms with van der Waals surface area (Å²) in [6, 6.07) is 15.6. The van der Waals surface area contributed by atoms with Crippen molar-refractivity contribution in [2.45, 2.75) is 0 Å². The molecule has 1 heterocycles. The van der Waals surface area contributed by atoms with Crippen molar-refractivity contribution in [3.8, 4) is 17.3 Å². The highest BCUT2D eigenvalue weighted by Gasteiger charge is 2.13. The van der Waals surface area contributed by atoms with Crippen LogP contribution in [0.25, 0.3) is 11.3 Å². The maximum absolute atomic E-state index is 12.2. The van der Waals surface area contributed by atoms with E-state index in [1.807, 2.05) is 6.07 Å². The molecule has 0 aliphatic carbocycles. The van der Waals surface area contributed by atoms with Gasteiger partial charge in [-0.15, -0.1) is 0 Å². The third kappa shape index (κ3) is 3.40. The molecule has 3 rings (SSSR count). The van der Waals surface area contributed by atoms with Crippen LogP contribution in [-0.2, 0) is 0 Å². The van der Waals surface area contributed by atoms with Crippen LogP contribution in [0.3, 0.4) is 0 Å². The molecule has 2 aromatic carbocycles. The molecule has 118 valence electrons. The van der Waals surface area contributed by atoms with Gasteiger partial charge >= 0.3 is 0 Å². The Balaban J connectivity index is 2.08. The number of anilines is 2. The predicted molar refractivity (Wildman–Crippen MR) is 94.8 cm³/mol. The van der Waals surface area contributed by atoms with Gasteiger partial charge in [-0.3, -0.25) is 9.78 Å². The molecule has 0 unspecified atom stereocenters. The van der Waals surface area contributed by atoms with Crippen molar-refractivity contribution >= 4 is 34.8 Å². The highest BCUT2D eigenvalue weighted by molar-refractivity contribution is 6.31. The van der Waals surface area contributed by atoms with Crippen molar-refractivity contribution in [2.24, 2.45) is 0 Å². The molecule has 0 fully saturated rings. The number of aromatic nitrogens is 2. The summed E-state index contributed by atoms with van der Waals surface area (Å²) in [4.78, 5) is 19.1. The van der Waals surface area contributed by atoms with Gasteiger partial charge in [0.25, 0.3) is 5.56 Å². The van der Waals surface area contributed by atoms with Crippen molar-refractivity contribution in [1.82, 2.24) is 9.97 Å². The van der Waals surface area contributed by atoms with E-state index in [9.17, 15) is 10.1 Å². The third-order valence-corrected chi connectivity index (χ3v) is 3.72. The van der Waals surface area contributed by atoms with Crippen LogP contribution in [0.15, 0.2) is 53.3 Å². The Labute approximate surface area is 147 Å². The van der Waals surface area contributed by atoms with Crippen LogP contribution in [0.1, 0.15) is 5.56 Å². The van der Waals surface area contributed by atoms with E-state index in [2.05, 4.69) is 15.3 Å². The number of H-pyrrole nitrogens is 1. The molecule has 0 saturated heterocycles. The largest absolute Gasteiger partial charge is 0.326 e. The molecular formula is C17H10Cl2N4O. The van der Waals surface area contributed by atoms with E-state index < -0.39 is 5.56 Å². The molecule has 3 aromatic rings. The maximum Gasteiger partial charge on any atom is 0.270 e. The number of rotatable bonds is 3. The van der Waals surface area contributed by atoms with Crippen LogP contribution in [0.2, 0.25) is 10.0 Å². The Hall–Kier alpha value is -2.81. The van der Waals surface area contributed by atoms with E-state index in [4.69, 9.17) is 23.2 Å². The number of nitrogens with one attached hydrogen (secondary N) is 2. The zero-order valence-electron chi connectivity index (χ0n) is 12.2. The van der Waals surface area contributed by atoms with Crippen LogP contribution < -0.4 is 10.9 Å². The molecule has 0 aliphatic heterocycles. The Morgan fingerprint density at radius 1 is 1.08 bits per heavy atom. The summed E-state index contributed by atoms with van der Waals surface area (Å²) in [5.74, 6) is 0.219. The smallest absolute Gasteiger partial charge is 0.270 e. The average Bonchev–Trinajstić information content (AvgIpc) is 2.56. The standard InChI is InChI=1S/C17H10Cl2N4O/c18-11-4-6-13(7-5-11)21-17-22-15(14(9-20)16(24)23-17)10-2-1-3-12(19)8-10/h1-8H,(H2,21,22,23,24). The third-order valence-electron chi connectivity index (χ3n) is 3.24. The van der Waals surface area contributed by atoms with Crippen molar-refractivity contribution in [1.29, 1.82) is 5.26 Å². The zero-order chi connectivity index (χ0) is 17.1. The number of nitriles is 1. The number of halogens is 2. The van der Waals surface area contributed by atoms with E-state index in [0.717, 1.165) is 0 Å². The highest BCUT2D eigenvalue weighted by atomic mass is 35.5. The molecular weight excluding hydrogens is 347 g/mol. The first-order chi connectivity index (χ1) is 11.6. The number of nitrogens with zero attached hydrogens (tertiary/aromatic N) is 2. The average molecular weight is 357 g/mol. The minimum atomic E-state index is -0.529. The summed E-state index contributed by atoms with van der Waals surface area (Å²) in [7, 11) is 0. The van der Waals surface area contributed by atoms with Crippen LogP contribution in [-0.4, -0.2) is 9.97 Å². The van der Waals surface area contributed by atoms with Crippen molar-refractivity contribution < 1.29 is 0 Å². The van der Waals surface area contributed by atoms with Crippen molar-refractivity contribution in [2.75, 3.05) is 5.32 Å². The van der Waals surface area contributed by atoms with Crippen LogP contribution in [0.4, 0.5) is 11.6 Å². The SMILES string of the molecule is N#Cc1c(-c2cccc(Cl)c2)nc(Nc2ccc(Cl)cc2)[nH]c1=O. The normalized spacial score (nSPS) is 10.2. The topological polar surface area (TPSA) is 81.6 Å². The van der Waals surface area contributed by atoms with E-state index in [-0.39, 0.29) is 17.2 Å². The fourth-order valence-electron chi connectivity index (χ4n) is 2.15. The fourth-order valence-corrected chi connectivity index (χ4v) is 2.47. The van der Waals surface area contributed by atoms with Gasteiger partial charge in [0.1, 0.15) is 11.6 Å². The molecule has 7 heteroatoms. The van der Waals surface area contributed by atoms with Crippen molar-refractivity contribution in [3.05, 3.63) is 74.5 Å². The lowest BCUT2D eigenvalue weighted by atomic mass is 10.1. The lowest BCUT2D eigenvalue weighted by Gasteiger charge is -2.09. The zero-order valence-corrected chi connectivity index (χ0v) is 13.7. The maximum atomic E-state index is 12.2. The molecule has 2 N–H and O–H groups in total. The number of aromatic amines is 1. The lowest BCUT2D eigenvalue weighted by molar-refractivity contribution is 1.11. The lowest BCUT2D eigenvalue weighted by Crippen LogP contribution is -2.16. The Bertz CT molecular complexity index is 991. The summed E-state index contributed by atoms with van der Waals surface area (Å²) in [5.41, 5.74) is 0.951. The van der Waals surface area contributed by atoms with E-state index >= 15 is 0 Å². The molecule has 0 saturated carbocycles. The van der Waals surface area contributed by atoms with E-state index in [1.165, 1.54) is 0 Å². The molecule has 0 amide bonds. The second-order valence-corrected chi connectivity index (χ2v) is 5.77. The fraction of sp³-hybridized carbons (Fsp3) is 0. The Kier molecular flexibility index (Phi) is 4.52. The van der Waals surface area contributed by atoms with Gasteiger partial charge in [-0.05, 0) is 36.4 Å². The van der Waals surface area contributed by atoms with Gasteiger partial charge in [-0.2, -0.15) is 5.26 Å². The Morgan fingerprint density at radius 2 is 1.83 bits per heavy atom.